The number of hydrogen-bond donors (Lipinski definition) is 1. The van der Waals surface area contributed by atoms with E-state index in [0.29, 0.717) is 5.92 Å². The number of aromatic nitrogens is 2. The first-order valence-electron chi connectivity index (χ1n) is 7.45. The lowest BCUT2D eigenvalue weighted by Gasteiger charge is -2.08. The lowest BCUT2D eigenvalue weighted by atomic mass is 10.1. The van der Waals surface area contributed by atoms with Crippen molar-refractivity contribution in [3.05, 3.63) is 37.7 Å². The van der Waals surface area contributed by atoms with Crippen LogP contribution in [0.2, 0.25) is 0 Å². The van der Waals surface area contributed by atoms with Crippen LogP contribution < -0.4 is 5.32 Å². The Kier molecular flexibility index (Phi) is 6.02. The number of aryl methyl sites for hydroxylation is 1. The van der Waals surface area contributed by atoms with Gasteiger partial charge in [-0.2, -0.15) is 5.10 Å². The Morgan fingerprint density at radius 2 is 2.10 bits per heavy atom. The lowest BCUT2D eigenvalue weighted by molar-refractivity contribution is 0.553. The van der Waals surface area contributed by atoms with Crippen LogP contribution in [0.5, 0.6) is 0 Å². The first-order valence-corrected chi connectivity index (χ1v) is 9.06. The van der Waals surface area contributed by atoms with E-state index in [1.54, 1.807) is 11.3 Å². The van der Waals surface area contributed by atoms with Crippen LogP contribution >= 0.6 is 27.3 Å². The molecule has 0 aliphatic carbocycles. The summed E-state index contributed by atoms with van der Waals surface area (Å²) in [5.74, 6) is 0.701. The Morgan fingerprint density at radius 1 is 1.33 bits per heavy atom. The second kappa shape index (κ2) is 7.56. The van der Waals surface area contributed by atoms with Crippen molar-refractivity contribution < 1.29 is 0 Å². The molecule has 0 spiro atoms. The molecule has 2 aromatic heterocycles. The summed E-state index contributed by atoms with van der Waals surface area (Å²) in [4.78, 5) is 1.33. The van der Waals surface area contributed by atoms with Crippen LogP contribution in [-0.2, 0) is 13.0 Å². The highest BCUT2D eigenvalue weighted by molar-refractivity contribution is 9.11. The molecular weight excluding hydrogens is 346 g/mol. The molecule has 0 aliphatic rings. The van der Waals surface area contributed by atoms with Gasteiger partial charge in [0, 0.05) is 10.6 Å². The van der Waals surface area contributed by atoms with Gasteiger partial charge in [0.2, 0.25) is 0 Å². The number of thiophene rings is 1. The van der Waals surface area contributed by atoms with E-state index in [0.717, 1.165) is 31.7 Å². The number of nitrogens with one attached hydrogen (secondary N) is 1. The fraction of sp³-hybridized carbons (Fsp3) is 0.562. The third-order valence-electron chi connectivity index (χ3n) is 3.57. The van der Waals surface area contributed by atoms with Crippen LogP contribution in [0, 0.1) is 19.8 Å². The van der Waals surface area contributed by atoms with Crippen molar-refractivity contribution >= 4 is 27.3 Å². The van der Waals surface area contributed by atoms with Crippen LogP contribution in [0.1, 0.15) is 35.7 Å². The standard InChI is InChI=1S/C16H24BrN3S/c1-11(2)9-18-8-7-15-12(3)19-20(13(15)4)10-14-5-6-16(17)21-14/h5-6,11,18H,7-10H2,1-4H3. The smallest absolute Gasteiger partial charge is 0.0755 e. The highest BCUT2D eigenvalue weighted by Crippen LogP contribution is 2.24. The normalized spacial score (nSPS) is 11.5. The van der Waals surface area contributed by atoms with E-state index < -0.39 is 0 Å². The molecule has 0 bridgehead atoms. The van der Waals surface area contributed by atoms with Crippen LogP contribution in [0.4, 0.5) is 0 Å². The van der Waals surface area contributed by atoms with Crippen molar-refractivity contribution in [1.29, 1.82) is 0 Å². The summed E-state index contributed by atoms with van der Waals surface area (Å²) in [7, 11) is 0. The average Bonchev–Trinajstić information content (AvgIpc) is 2.92. The second-order valence-corrected chi connectivity index (χ2v) is 8.41. The van der Waals surface area contributed by atoms with Gasteiger partial charge in [-0.05, 0) is 72.9 Å². The van der Waals surface area contributed by atoms with Gasteiger partial charge in [0.05, 0.1) is 16.0 Å². The average molecular weight is 370 g/mol. The van der Waals surface area contributed by atoms with Gasteiger partial charge in [0.15, 0.2) is 0 Å². The predicted octanol–water partition coefficient (Wildman–Crippen LogP) is 4.16. The van der Waals surface area contributed by atoms with Crippen LogP contribution in [0.15, 0.2) is 15.9 Å². The molecule has 0 saturated carbocycles. The Labute approximate surface area is 139 Å². The first kappa shape index (κ1) is 16.7. The van der Waals surface area contributed by atoms with Crippen LogP contribution in [0.3, 0.4) is 0 Å². The highest BCUT2D eigenvalue weighted by Gasteiger charge is 2.12. The molecule has 21 heavy (non-hydrogen) atoms. The van der Waals surface area contributed by atoms with Crippen molar-refractivity contribution in [2.75, 3.05) is 13.1 Å². The maximum Gasteiger partial charge on any atom is 0.0755 e. The molecular formula is C16H24BrN3S. The van der Waals surface area contributed by atoms with Gasteiger partial charge in [-0.3, -0.25) is 4.68 Å². The Morgan fingerprint density at radius 3 is 2.71 bits per heavy atom. The van der Waals surface area contributed by atoms with Crippen molar-refractivity contribution in [2.24, 2.45) is 5.92 Å². The number of rotatable bonds is 7. The summed E-state index contributed by atoms with van der Waals surface area (Å²) < 4.78 is 3.31. The van der Waals surface area contributed by atoms with E-state index >= 15 is 0 Å². The van der Waals surface area contributed by atoms with Gasteiger partial charge >= 0.3 is 0 Å². The zero-order valence-corrected chi connectivity index (χ0v) is 15.6. The fourth-order valence-corrected chi connectivity index (χ4v) is 3.90. The van der Waals surface area contributed by atoms with Crippen molar-refractivity contribution in [1.82, 2.24) is 15.1 Å². The molecule has 0 unspecified atom stereocenters. The molecule has 0 aliphatic heterocycles. The molecule has 2 aromatic rings. The number of halogens is 1. The molecule has 5 heteroatoms. The molecule has 2 heterocycles. The molecule has 0 aromatic carbocycles. The maximum absolute atomic E-state index is 4.71. The van der Waals surface area contributed by atoms with Gasteiger partial charge < -0.3 is 5.32 Å². The molecule has 0 atom stereocenters. The topological polar surface area (TPSA) is 29.9 Å². The minimum Gasteiger partial charge on any atom is -0.316 e. The SMILES string of the molecule is Cc1nn(Cc2ccc(Br)s2)c(C)c1CCNCC(C)C. The summed E-state index contributed by atoms with van der Waals surface area (Å²) in [6.45, 7) is 11.7. The van der Waals surface area contributed by atoms with Crippen molar-refractivity contribution in [3.8, 4) is 0 Å². The Balaban J connectivity index is 2.00. The molecule has 3 nitrogen and oxygen atoms in total. The van der Waals surface area contributed by atoms with Gasteiger partial charge in [-0.15, -0.1) is 11.3 Å². The molecule has 0 radical (unpaired) electrons. The van der Waals surface area contributed by atoms with E-state index in [2.05, 4.69) is 65.8 Å². The third kappa shape index (κ3) is 4.66. The van der Waals surface area contributed by atoms with Crippen molar-refractivity contribution in [3.63, 3.8) is 0 Å². The van der Waals surface area contributed by atoms with Crippen molar-refractivity contribution in [2.45, 2.75) is 40.7 Å². The predicted molar refractivity (Wildman–Crippen MR) is 94.2 cm³/mol. The zero-order chi connectivity index (χ0) is 15.4. The molecule has 0 amide bonds. The van der Waals surface area contributed by atoms with Gasteiger partial charge in [-0.25, -0.2) is 0 Å². The maximum atomic E-state index is 4.71. The fourth-order valence-electron chi connectivity index (χ4n) is 2.44. The van der Waals surface area contributed by atoms with Gasteiger partial charge in [-0.1, -0.05) is 13.8 Å². The minimum absolute atomic E-state index is 0.701. The summed E-state index contributed by atoms with van der Waals surface area (Å²) in [5, 5.41) is 8.22. The minimum atomic E-state index is 0.701. The molecule has 1 N–H and O–H groups in total. The second-order valence-electron chi connectivity index (χ2n) is 5.86. The Hall–Kier alpha value is -0.650. The highest BCUT2D eigenvalue weighted by atomic mass is 79.9. The molecule has 0 saturated heterocycles. The molecule has 116 valence electrons. The van der Waals surface area contributed by atoms with E-state index in [1.807, 2.05) is 0 Å². The van der Waals surface area contributed by atoms with E-state index in [-0.39, 0.29) is 0 Å². The van der Waals surface area contributed by atoms with Gasteiger partial charge in [0.25, 0.3) is 0 Å². The van der Waals surface area contributed by atoms with E-state index in [9.17, 15) is 0 Å². The largest absolute Gasteiger partial charge is 0.316 e. The summed E-state index contributed by atoms with van der Waals surface area (Å²) >= 11 is 5.29. The number of nitrogens with zero attached hydrogens (tertiary/aromatic N) is 2. The summed E-state index contributed by atoms with van der Waals surface area (Å²) in [6.07, 6.45) is 1.05. The molecule has 0 fully saturated rings. The lowest BCUT2D eigenvalue weighted by Crippen LogP contribution is -2.22. The van der Waals surface area contributed by atoms with Crippen LogP contribution in [0.25, 0.3) is 0 Å². The van der Waals surface area contributed by atoms with Crippen LogP contribution in [-0.4, -0.2) is 22.9 Å². The summed E-state index contributed by atoms with van der Waals surface area (Å²) in [5.41, 5.74) is 3.85. The monoisotopic (exact) mass is 369 g/mol. The number of hydrogen-bond acceptors (Lipinski definition) is 3. The van der Waals surface area contributed by atoms with E-state index in [1.165, 1.54) is 19.9 Å². The Bertz CT molecular complexity index is 586. The molecule has 2 rings (SSSR count). The first-order chi connectivity index (χ1) is 9.97. The quantitative estimate of drug-likeness (QED) is 0.742. The van der Waals surface area contributed by atoms with Gasteiger partial charge in [0.1, 0.15) is 0 Å². The zero-order valence-electron chi connectivity index (χ0n) is 13.2. The third-order valence-corrected chi connectivity index (χ3v) is 5.18. The summed E-state index contributed by atoms with van der Waals surface area (Å²) in [6, 6.07) is 4.26. The van der Waals surface area contributed by atoms with E-state index in [4.69, 9.17) is 5.10 Å².